The Labute approximate surface area is 165 Å². The van der Waals surface area contributed by atoms with Crippen molar-refractivity contribution in [1.82, 2.24) is 25.1 Å². The van der Waals surface area contributed by atoms with Gasteiger partial charge in [-0.05, 0) is 53.5 Å². The van der Waals surface area contributed by atoms with Gasteiger partial charge in [-0.2, -0.15) is 0 Å². The number of ether oxygens (including phenoxy) is 1. The molecule has 3 heterocycles. The van der Waals surface area contributed by atoms with Crippen LogP contribution >= 0.6 is 0 Å². The number of hydrogen-bond donors (Lipinski definition) is 0. The Bertz CT molecular complexity index is 750. The summed E-state index contributed by atoms with van der Waals surface area (Å²) in [6.07, 6.45) is 2.40. The number of hydrogen-bond acceptors (Lipinski definition) is 6. The van der Waals surface area contributed by atoms with E-state index in [1.165, 1.54) is 12.1 Å². The van der Waals surface area contributed by atoms with Gasteiger partial charge in [0.2, 0.25) is 0 Å². The van der Waals surface area contributed by atoms with E-state index in [-0.39, 0.29) is 18.0 Å². The summed E-state index contributed by atoms with van der Waals surface area (Å²) in [5.41, 5.74) is 1.07. The molecule has 2 atom stereocenters. The van der Waals surface area contributed by atoms with Gasteiger partial charge in [-0.25, -0.2) is 9.07 Å². The summed E-state index contributed by atoms with van der Waals surface area (Å²) in [5, 5.41) is 12.6. The molecule has 2 aliphatic heterocycles. The SMILES string of the molecule is CC(C)[C@@H](c1nnnn1C[C@H]1CCCO1)N1CCN(c2ccc(F)cc2)CC1. The predicted octanol–water partition coefficient (Wildman–Crippen LogP) is 2.51. The molecule has 2 fully saturated rings. The Morgan fingerprint density at radius 2 is 1.89 bits per heavy atom. The van der Waals surface area contributed by atoms with Crippen molar-refractivity contribution in [2.75, 3.05) is 37.7 Å². The quantitative estimate of drug-likeness (QED) is 0.758. The molecule has 1 aromatic heterocycles. The van der Waals surface area contributed by atoms with Gasteiger partial charge in [0, 0.05) is 38.5 Å². The van der Waals surface area contributed by atoms with Crippen LogP contribution in [-0.4, -0.2) is 64.0 Å². The van der Waals surface area contributed by atoms with Gasteiger partial charge < -0.3 is 9.64 Å². The first kappa shape index (κ1) is 19.3. The third-order valence-corrected chi connectivity index (χ3v) is 5.76. The molecular formula is C20H29FN6O. The van der Waals surface area contributed by atoms with E-state index in [4.69, 9.17) is 4.74 Å². The number of halogens is 1. The normalized spacial score (nSPS) is 22.1. The lowest BCUT2D eigenvalue weighted by Gasteiger charge is -2.41. The maximum Gasteiger partial charge on any atom is 0.168 e. The largest absolute Gasteiger partial charge is 0.376 e. The van der Waals surface area contributed by atoms with E-state index in [2.05, 4.69) is 39.2 Å². The van der Waals surface area contributed by atoms with Crippen LogP contribution in [0.25, 0.3) is 0 Å². The van der Waals surface area contributed by atoms with Crippen molar-refractivity contribution in [2.24, 2.45) is 5.92 Å². The zero-order valence-corrected chi connectivity index (χ0v) is 16.7. The molecule has 0 saturated carbocycles. The van der Waals surface area contributed by atoms with Gasteiger partial charge in [-0.3, -0.25) is 4.90 Å². The zero-order valence-electron chi connectivity index (χ0n) is 16.7. The Morgan fingerprint density at radius 3 is 2.54 bits per heavy atom. The summed E-state index contributed by atoms with van der Waals surface area (Å²) >= 11 is 0. The number of tetrazole rings is 1. The number of anilines is 1. The highest BCUT2D eigenvalue weighted by molar-refractivity contribution is 5.46. The molecule has 1 aromatic carbocycles. The Kier molecular flexibility index (Phi) is 5.87. The van der Waals surface area contributed by atoms with Crippen LogP contribution < -0.4 is 4.90 Å². The second-order valence-corrected chi connectivity index (χ2v) is 8.04. The van der Waals surface area contributed by atoms with E-state index >= 15 is 0 Å². The summed E-state index contributed by atoms with van der Waals surface area (Å²) in [5.74, 6) is 1.13. The highest BCUT2D eigenvalue weighted by Gasteiger charge is 2.32. The van der Waals surface area contributed by atoms with Crippen LogP contribution in [0, 0.1) is 11.7 Å². The second kappa shape index (κ2) is 8.53. The highest BCUT2D eigenvalue weighted by Crippen LogP contribution is 2.29. The molecule has 8 heteroatoms. The van der Waals surface area contributed by atoms with Crippen LogP contribution in [0.2, 0.25) is 0 Å². The topological polar surface area (TPSA) is 59.3 Å². The van der Waals surface area contributed by atoms with Crippen LogP contribution in [0.15, 0.2) is 24.3 Å². The molecule has 0 unspecified atom stereocenters. The highest BCUT2D eigenvalue weighted by atomic mass is 19.1. The molecule has 28 heavy (non-hydrogen) atoms. The van der Waals surface area contributed by atoms with Gasteiger partial charge in [0.25, 0.3) is 0 Å². The van der Waals surface area contributed by atoms with Crippen molar-refractivity contribution in [3.8, 4) is 0 Å². The Morgan fingerprint density at radius 1 is 1.14 bits per heavy atom. The van der Waals surface area contributed by atoms with Gasteiger partial charge in [0.05, 0.1) is 18.7 Å². The lowest BCUT2D eigenvalue weighted by atomic mass is 10.0. The zero-order chi connectivity index (χ0) is 19.5. The molecule has 4 rings (SSSR count). The summed E-state index contributed by atoms with van der Waals surface area (Å²) in [6.45, 7) is 9.66. The third kappa shape index (κ3) is 4.17. The molecule has 7 nitrogen and oxygen atoms in total. The van der Waals surface area contributed by atoms with Crippen LogP contribution in [0.4, 0.5) is 10.1 Å². The van der Waals surface area contributed by atoms with Gasteiger partial charge in [-0.15, -0.1) is 5.10 Å². The summed E-state index contributed by atoms with van der Waals surface area (Å²) in [7, 11) is 0. The van der Waals surface area contributed by atoms with Crippen LogP contribution in [-0.2, 0) is 11.3 Å². The standard InChI is InChI=1S/C20H29FN6O/c1-15(2)19(20-22-23-24-27(20)14-18-4-3-13-28-18)26-11-9-25(10-12-26)17-7-5-16(21)6-8-17/h5-8,15,18-19H,3-4,9-14H2,1-2H3/t18-,19+/m1/s1. The van der Waals surface area contributed by atoms with Crippen molar-refractivity contribution in [3.63, 3.8) is 0 Å². The minimum Gasteiger partial charge on any atom is -0.376 e. The summed E-state index contributed by atoms with van der Waals surface area (Å²) in [6, 6.07) is 6.93. The average molecular weight is 388 g/mol. The van der Waals surface area contributed by atoms with Gasteiger partial charge in [0.15, 0.2) is 5.82 Å². The molecular weight excluding hydrogens is 359 g/mol. The van der Waals surface area contributed by atoms with E-state index < -0.39 is 0 Å². The fraction of sp³-hybridized carbons (Fsp3) is 0.650. The minimum atomic E-state index is -0.194. The minimum absolute atomic E-state index is 0.173. The summed E-state index contributed by atoms with van der Waals surface area (Å²) in [4.78, 5) is 4.78. The predicted molar refractivity (Wildman–Crippen MR) is 105 cm³/mol. The van der Waals surface area contributed by atoms with Gasteiger partial charge in [0.1, 0.15) is 5.82 Å². The monoisotopic (exact) mass is 388 g/mol. The molecule has 152 valence electrons. The third-order valence-electron chi connectivity index (χ3n) is 5.76. The van der Waals surface area contributed by atoms with Crippen LogP contribution in [0.1, 0.15) is 38.6 Å². The first-order chi connectivity index (χ1) is 13.6. The second-order valence-electron chi connectivity index (χ2n) is 8.04. The average Bonchev–Trinajstić information content (AvgIpc) is 3.36. The molecule has 2 saturated heterocycles. The number of piperazine rings is 1. The first-order valence-electron chi connectivity index (χ1n) is 10.2. The van der Waals surface area contributed by atoms with Gasteiger partial charge in [-0.1, -0.05) is 13.8 Å². The maximum atomic E-state index is 13.2. The first-order valence-corrected chi connectivity index (χ1v) is 10.2. The lowest BCUT2D eigenvalue weighted by molar-refractivity contribution is 0.0865. The fourth-order valence-corrected chi connectivity index (χ4v) is 4.33. The van der Waals surface area contributed by atoms with Crippen LogP contribution in [0.3, 0.4) is 0 Å². The molecule has 2 aliphatic rings. The van der Waals surface area contributed by atoms with Crippen molar-refractivity contribution >= 4 is 5.69 Å². The molecule has 0 radical (unpaired) electrons. The van der Waals surface area contributed by atoms with E-state index in [9.17, 15) is 4.39 Å². The van der Waals surface area contributed by atoms with E-state index in [0.717, 1.165) is 63.7 Å². The van der Waals surface area contributed by atoms with Crippen LogP contribution in [0.5, 0.6) is 0 Å². The fourth-order valence-electron chi connectivity index (χ4n) is 4.33. The molecule has 0 bridgehead atoms. The van der Waals surface area contributed by atoms with E-state index in [1.54, 1.807) is 0 Å². The molecule has 0 N–H and O–H groups in total. The molecule has 0 spiro atoms. The summed E-state index contributed by atoms with van der Waals surface area (Å²) < 4.78 is 20.9. The van der Waals surface area contributed by atoms with Crippen molar-refractivity contribution in [2.45, 2.75) is 45.4 Å². The van der Waals surface area contributed by atoms with E-state index in [0.29, 0.717) is 5.92 Å². The number of rotatable bonds is 6. The maximum absolute atomic E-state index is 13.2. The van der Waals surface area contributed by atoms with Gasteiger partial charge >= 0.3 is 0 Å². The molecule has 0 aliphatic carbocycles. The Balaban J connectivity index is 1.44. The van der Waals surface area contributed by atoms with Crippen molar-refractivity contribution < 1.29 is 9.13 Å². The molecule has 0 amide bonds. The number of nitrogens with zero attached hydrogens (tertiary/aromatic N) is 6. The number of aromatic nitrogens is 4. The van der Waals surface area contributed by atoms with Crippen molar-refractivity contribution in [3.05, 3.63) is 35.9 Å². The molecule has 2 aromatic rings. The lowest BCUT2D eigenvalue weighted by Crippen LogP contribution is -2.49. The van der Waals surface area contributed by atoms with Crippen molar-refractivity contribution in [1.29, 1.82) is 0 Å². The van der Waals surface area contributed by atoms with E-state index in [1.807, 2.05) is 16.8 Å². The Hall–Kier alpha value is -2.06. The number of benzene rings is 1. The smallest absolute Gasteiger partial charge is 0.168 e.